The topological polar surface area (TPSA) is 57.6 Å². The largest absolute Gasteiger partial charge is 0.480 e. The fraction of sp³-hybridized carbons (Fsp3) is 0.778. The average Bonchev–Trinajstić information content (AvgIpc) is 1.94. The van der Waals surface area contributed by atoms with E-state index in [1.54, 1.807) is 0 Å². The van der Waals surface area contributed by atoms with E-state index in [1.807, 2.05) is 19.6 Å². The van der Waals surface area contributed by atoms with Crippen molar-refractivity contribution < 1.29 is 19.1 Å². The van der Waals surface area contributed by atoms with Crippen LogP contribution in [0.2, 0.25) is 19.6 Å². The molecule has 1 saturated heterocycles. The molecule has 1 aliphatic heterocycles. The van der Waals surface area contributed by atoms with Gasteiger partial charge >= 0.3 is 5.97 Å². The van der Waals surface area contributed by atoms with E-state index in [9.17, 15) is 14.0 Å². The van der Waals surface area contributed by atoms with Gasteiger partial charge in [-0.05, 0) is 6.92 Å². The Morgan fingerprint density at radius 1 is 1.53 bits per heavy atom. The van der Waals surface area contributed by atoms with E-state index >= 15 is 0 Å². The van der Waals surface area contributed by atoms with Gasteiger partial charge in [0.1, 0.15) is 12.2 Å². The Morgan fingerprint density at radius 2 is 2.00 bits per heavy atom. The lowest BCUT2D eigenvalue weighted by molar-refractivity contribution is -0.167. The molecule has 0 aromatic rings. The lowest BCUT2D eigenvalue weighted by atomic mass is 9.87. The third-order valence-corrected chi connectivity index (χ3v) is 4.56. The van der Waals surface area contributed by atoms with Crippen LogP contribution in [0.25, 0.3) is 0 Å². The van der Waals surface area contributed by atoms with Crippen molar-refractivity contribution in [1.29, 1.82) is 0 Å². The number of carbonyl (C=O) groups is 2. The predicted octanol–water partition coefficient (Wildman–Crippen LogP) is 1.09. The number of rotatable bonds is 3. The maximum absolute atomic E-state index is 13.1. The Morgan fingerprint density at radius 3 is 2.27 bits per heavy atom. The summed E-state index contributed by atoms with van der Waals surface area (Å²) in [6, 6.07) is -0.968. The molecule has 15 heavy (non-hydrogen) atoms. The molecule has 4 nitrogen and oxygen atoms in total. The molecule has 0 aromatic carbocycles. The zero-order valence-corrected chi connectivity index (χ0v) is 10.3. The average molecular weight is 233 g/mol. The van der Waals surface area contributed by atoms with Crippen LogP contribution in [0.4, 0.5) is 4.39 Å². The highest BCUT2D eigenvalue weighted by Gasteiger charge is 2.57. The third kappa shape index (κ3) is 1.90. The van der Waals surface area contributed by atoms with Crippen LogP contribution >= 0.6 is 0 Å². The van der Waals surface area contributed by atoms with Gasteiger partial charge in [0.15, 0.2) is 8.24 Å². The van der Waals surface area contributed by atoms with Crippen molar-refractivity contribution in [2.75, 3.05) is 0 Å². The summed E-state index contributed by atoms with van der Waals surface area (Å²) in [5.74, 6) is -2.45. The van der Waals surface area contributed by atoms with Gasteiger partial charge in [0, 0.05) is 0 Å². The summed E-state index contributed by atoms with van der Waals surface area (Å²) in [6.07, 6.45) is -1.40. The Bertz CT molecular complexity index is 300. The summed E-state index contributed by atoms with van der Waals surface area (Å²) in [7, 11) is -2.01. The summed E-state index contributed by atoms with van der Waals surface area (Å²) in [6.45, 7) is 6.86. The number of carboxylic acids is 1. The fourth-order valence-electron chi connectivity index (χ4n) is 1.97. The van der Waals surface area contributed by atoms with E-state index in [0.717, 1.165) is 0 Å². The smallest absolute Gasteiger partial charge is 0.326 e. The molecular formula is C9H16FNO3Si. The van der Waals surface area contributed by atoms with Gasteiger partial charge < -0.3 is 9.67 Å². The number of nitrogens with zero attached hydrogens (tertiary/aromatic N) is 1. The number of hydrogen-bond donors (Lipinski definition) is 1. The summed E-state index contributed by atoms with van der Waals surface area (Å²) in [5.41, 5.74) is 0. The van der Waals surface area contributed by atoms with E-state index < -0.39 is 32.3 Å². The van der Waals surface area contributed by atoms with Gasteiger partial charge in [-0.2, -0.15) is 0 Å². The normalized spacial score (nSPS) is 28.6. The highest BCUT2D eigenvalue weighted by Crippen LogP contribution is 2.35. The Labute approximate surface area is 89.2 Å². The molecule has 1 aliphatic rings. The van der Waals surface area contributed by atoms with Gasteiger partial charge in [-0.3, -0.25) is 4.79 Å². The number of aliphatic carboxylic acids is 1. The van der Waals surface area contributed by atoms with Crippen LogP contribution in [0.15, 0.2) is 0 Å². The maximum atomic E-state index is 13.1. The molecule has 1 N–H and O–H groups in total. The van der Waals surface area contributed by atoms with E-state index in [0.29, 0.717) is 0 Å². The number of halogens is 1. The van der Waals surface area contributed by atoms with Gasteiger partial charge in [-0.15, -0.1) is 0 Å². The first-order chi connectivity index (χ1) is 6.68. The number of carboxylic acid groups (broad SMARTS) is 1. The fourth-order valence-corrected chi connectivity index (χ4v) is 3.89. The first-order valence-corrected chi connectivity index (χ1v) is 8.32. The minimum Gasteiger partial charge on any atom is -0.480 e. The molecule has 1 rings (SSSR count). The zero-order chi connectivity index (χ0) is 12.0. The third-order valence-electron chi connectivity index (χ3n) is 2.61. The second kappa shape index (κ2) is 3.59. The predicted molar refractivity (Wildman–Crippen MR) is 55.7 cm³/mol. The van der Waals surface area contributed by atoms with Gasteiger partial charge in [0.25, 0.3) is 0 Å². The molecule has 3 atom stereocenters. The van der Waals surface area contributed by atoms with Crippen LogP contribution in [0.3, 0.4) is 0 Å². The Hall–Kier alpha value is -0.913. The molecule has 0 aliphatic carbocycles. The zero-order valence-electron chi connectivity index (χ0n) is 9.32. The van der Waals surface area contributed by atoms with Crippen molar-refractivity contribution in [3.63, 3.8) is 0 Å². The van der Waals surface area contributed by atoms with Crippen molar-refractivity contribution in [1.82, 2.24) is 4.57 Å². The van der Waals surface area contributed by atoms with Gasteiger partial charge in [0.05, 0.1) is 5.92 Å². The molecule has 0 spiro atoms. The van der Waals surface area contributed by atoms with Crippen LogP contribution < -0.4 is 0 Å². The minimum atomic E-state index is -2.01. The van der Waals surface area contributed by atoms with Gasteiger partial charge in [0.2, 0.25) is 5.91 Å². The number of β-lactam (4-membered cyclic amide) rings is 1. The summed E-state index contributed by atoms with van der Waals surface area (Å²) in [5, 5.41) is 8.97. The molecule has 0 aromatic heterocycles. The van der Waals surface area contributed by atoms with Crippen molar-refractivity contribution in [3.8, 4) is 0 Å². The van der Waals surface area contributed by atoms with Crippen LogP contribution in [0, 0.1) is 5.92 Å². The first kappa shape index (κ1) is 12.2. The van der Waals surface area contributed by atoms with Crippen molar-refractivity contribution >= 4 is 20.1 Å². The summed E-state index contributed by atoms with van der Waals surface area (Å²) in [4.78, 5) is 22.6. The lowest BCUT2D eigenvalue weighted by Gasteiger charge is -2.51. The van der Waals surface area contributed by atoms with E-state index in [1.165, 1.54) is 11.5 Å². The first-order valence-electron chi connectivity index (χ1n) is 4.88. The molecule has 0 saturated carbocycles. The monoisotopic (exact) mass is 233 g/mol. The van der Waals surface area contributed by atoms with E-state index in [4.69, 9.17) is 5.11 Å². The molecule has 0 bridgehead atoms. The molecule has 0 radical (unpaired) electrons. The summed E-state index contributed by atoms with van der Waals surface area (Å²) >= 11 is 0. The molecule has 86 valence electrons. The Kier molecular flexibility index (Phi) is 2.91. The second-order valence-corrected chi connectivity index (χ2v) is 9.69. The molecular weight excluding hydrogens is 217 g/mol. The lowest BCUT2D eigenvalue weighted by Crippen LogP contribution is -2.73. The van der Waals surface area contributed by atoms with Crippen LogP contribution in [-0.4, -0.2) is 42.0 Å². The molecule has 0 unspecified atom stereocenters. The van der Waals surface area contributed by atoms with Crippen molar-refractivity contribution in [2.45, 2.75) is 38.8 Å². The second-order valence-electron chi connectivity index (χ2n) is 4.87. The molecule has 6 heteroatoms. The number of amides is 1. The van der Waals surface area contributed by atoms with Crippen molar-refractivity contribution in [2.24, 2.45) is 5.92 Å². The highest BCUT2D eigenvalue weighted by molar-refractivity contribution is 6.76. The standard InChI is InChI=1S/C9H16FNO3Si/c1-5(10)6-7(9(13)14)11(8(6)12)15(2,3)4/h5-7H,1-4H3,(H,13,14)/t5-,6-,7+/m1/s1. The molecule has 1 fully saturated rings. The Balaban J connectivity index is 2.95. The van der Waals surface area contributed by atoms with E-state index in [-0.39, 0.29) is 5.91 Å². The highest BCUT2D eigenvalue weighted by atomic mass is 28.3. The van der Waals surface area contributed by atoms with Gasteiger partial charge in [-0.25, -0.2) is 9.18 Å². The van der Waals surface area contributed by atoms with Crippen molar-refractivity contribution in [3.05, 3.63) is 0 Å². The van der Waals surface area contributed by atoms with Crippen LogP contribution in [0.5, 0.6) is 0 Å². The molecule has 1 amide bonds. The molecule has 1 heterocycles. The number of carbonyl (C=O) groups excluding carboxylic acids is 1. The maximum Gasteiger partial charge on any atom is 0.326 e. The van der Waals surface area contributed by atoms with E-state index in [2.05, 4.69) is 0 Å². The van der Waals surface area contributed by atoms with Gasteiger partial charge in [-0.1, -0.05) is 19.6 Å². The number of hydrogen-bond acceptors (Lipinski definition) is 2. The van der Waals surface area contributed by atoms with Crippen LogP contribution in [0.1, 0.15) is 6.92 Å². The van der Waals surface area contributed by atoms with Crippen LogP contribution in [-0.2, 0) is 9.59 Å². The summed E-state index contributed by atoms with van der Waals surface area (Å²) < 4.78 is 14.4. The SMILES string of the molecule is C[C@@H](F)[C@H]1C(=O)N([Si](C)(C)C)[C@@H]1C(=O)O. The number of alkyl halides is 1. The quantitative estimate of drug-likeness (QED) is 0.586. The minimum absolute atomic E-state index is 0.350.